The van der Waals surface area contributed by atoms with Crippen molar-refractivity contribution in [1.82, 2.24) is 20.1 Å². The van der Waals surface area contributed by atoms with E-state index in [4.69, 9.17) is 18.4 Å². The monoisotopic (exact) mass is 690 g/mol. The molecule has 15 heteroatoms. The summed E-state index contributed by atoms with van der Waals surface area (Å²) < 4.78 is 49.3. The Hall–Kier alpha value is -4.91. The van der Waals surface area contributed by atoms with Crippen molar-refractivity contribution >= 4 is 27.8 Å². The molecule has 0 aliphatic carbocycles. The summed E-state index contributed by atoms with van der Waals surface area (Å²) in [6, 6.07) is 14.2. The highest BCUT2D eigenvalue weighted by atomic mass is 32.2. The van der Waals surface area contributed by atoms with Gasteiger partial charge in [0.1, 0.15) is 22.4 Å². The first-order valence-corrected chi connectivity index (χ1v) is 17.5. The topological polar surface area (TPSA) is 172 Å². The number of nitriles is 1. The number of ether oxygens (including phenoxy) is 3. The van der Waals surface area contributed by atoms with Crippen LogP contribution >= 0.6 is 0 Å². The Balaban J connectivity index is 1.52. The van der Waals surface area contributed by atoms with Crippen LogP contribution in [0.5, 0.6) is 17.4 Å². The molecule has 2 saturated heterocycles. The van der Waals surface area contributed by atoms with E-state index in [1.54, 1.807) is 36.5 Å². The number of carbonyl (C=O) groups excluding carboxylic acids is 2. The van der Waals surface area contributed by atoms with Gasteiger partial charge in [0.15, 0.2) is 0 Å². The lowest BCUT2D eigenvalue weighted by Gasteiger charge is -2.53. The van der Waals surface area contributed by atoms with Gasteiger partial charge in [-0.2, -0.15) is 13.7 Å². The lowest BCUT2D eigenvalue weighted by molar-refractivity contribution is -0.121. The molecule has 258 valence electrons. The second-order valence-corrected chi connectivity index (χ2v) is 13.4. The molecule has 2 N–H and O–H groups in total. The molecule has 2 fully saturated rings. The molecule has 0 bridgehead atoms. The third kappa shape index (κ3) is 6.46. The summed E-state index contributed by atoms with van der Waals surface area (Å²) in [7, 11) is -2.06. The van der Waals surface area contributed by atoms with Crippen molar-refractivity contribution in [1.29, 1.82) is 5.26 Å². The summed E-state index contributed by atoms with van der Waals surface area (Å²) in [6.07, 6.45) is 1.75. The zero-order valence-corrected chi connectivity index (χ0v) is 28.2. The largest absolute Gasteiger partial charge is 0.497 e. The third-order valence-corrected chi connectivity index (χ3v) is 10.5. The van der Waals surface area contributed by atoms with Crippen LogP contribution in [0.15, 0.2) is 65.7 Å². The number of nitrogens with one attached hydrogen (secondary N) is 2. The number of carbonyl (C=O) groups is 2. The Morgan fingerprint density at radius 1 is 1.06 bits per heavy atom. The number of para-hydroxylation sites is 1. The molecule has 3 aromatic rings. The van der Waals surface area contributed by atoms with E-state index in [2.05, 4.69) is 26.6 Å². The van der Waals surface area contributed by atoms with Gasteiger partial charge in [0, 0.05) is 29.6 Å². The summed E-state index contributed by atoms with van der Waals surface area (Å²) in [4.78, 5) is 35.7. The first-order chi connectivity index (χ1) is 23.7. The normalized spacial score (nSPS) is 22.8. The minimum Gasteiger partial charge on any atom is -0.497 e. The number of fused-ring (bicyclic) bond motifs is 1. The van der Waals surface area contributed by atoms with Gasteiger partial charge in [-0.25, -0.2) is 9.78 Å². The number of nitrogens with zero attached hydrogens (tertiary/aromatic N) is 4. The summed E-state index contributed by atoms with van der Waals surface area (Å²) in [5.74, 6) is -0.814. The van der Waals surface area contributed by atoms with E-state index in [0.29, 0.717) is 48.5 Å². The maximum atomic E-state index is 14.4. The number of rotatable bonds is 9. The van der Waals surface area contributed by atoms with Crippen LogP contribution in [0.1, 0.15) is 42.9 Å². The van der Waals surface area contributed by atoms with Crippen LogP contribution in [0.3, 0.4) is 0 Å². The van der Waals surface area contributed by atoms with Gasteiger partial charge in [-0.3, -0.25) is 14.6 Å². The highest BCUT2D eigenvalue weighted by Crippen LogP contribution is 2.48. The SMILES string of the molecule is CCOc1ncccc1C1C(C2C(=O)Nc3ccccc32)N(C(=O)OS(=O)(=O)c2ccc(OC)cc2OC)CC(C#N)N1C1CCNCC1. The van der Waals surface area contributed by atoms with Crippen molar-refractivity contribution < 1.29 is 36.4 Å². The van der Waals surface area contributed by atoms with Crippen LogP contribution in [0.2, 0.25) is 0 Å². The molecule has 0 saturated carbocycles. The molecule has 0 spiro atoms. The van der Waals surface area contributed by atoms with Crippen molar-refractivity contribution in [3.63, 3.8) is 0 Å². The molecular formula is C34H38N6O8S. The van der Waals surface area contributed by atoms with Gasteiger partial charge < -0.3 is 29.0 Å². The average Bonchev–Trinajstić information content (AvgIpc) is 3.46. The number of aromatic nitrogens is 1. The van der Waals surface area contributed by atoms with Crippen LogP contribution in [0.4, 0.5) is 10.5 Å². The van der Waals surface area contributed by atoms with Gasteiger partial charge >= 0.3 is 16.2 Å². The van der Waals surface area contributed by atoms with E-state index < -0.39 is 45.2 Å². The maximum absolute atomic E-state index is 14.4. The Kier molecular flexibility index (Phi) is 9.91. The molecule has 49 heavy (non-hydrogen) atoms. The summed E-state index contributed by atoms with van der Waals surface area (Å²) in [5, 5.41) is 17.0. The number of amides is 2. The number of benzene rings is 2. The number of piperazine rings is 1. The molecule has 14 nitrogen and oxygen atoms in total. The van der Waals surface area contributed by atoms with E-state index in [0.717, 1.165) is 0 Å². The molecule has 1 aromatic heterocycles. The first-order valence-electron chi connectivity index (χ1n) is 16.0. The van der Waals surface area contributed by atoms with Crippen molar-refractivity contribution in [2.45, 2.75) is 54.7 Å². The Morgan fingerprint density at radius 3 is 2.53 bits per heavy atom. The van der Waals surface area contributed by atoms with Crippen molar-refractivity contribution in [2.75, 3.05) is 45.8 Å². The summed E-state index contributed by atoms with van der Waals surface area (Å²) in [6.45, 7) is 3.30. The van der Waals surface area contributed by atoms with E-state index in [1.165, 1.54) is 37.3 Å². The Bertz CT molecular complexity index is 1860. The minimum absolute atomic E-state index is 0.0898. The fraction of sp³-hybridized carbons (Fsp3) is 0.412. The molecule has 4 unspecified atom stereocenters. The van der Waals surface area contributed by atoms with E-state index in [1.807, 2.05) is 13.0 Å². The number of anilines is 1. The lowest BCUT2D eigenvalue weighted by Crippen LogP contribution is -2.66. The number of hydrogen-bond acceptors (Lipinski definition) is 12. The summed E-state index contributed by atoms with van der Waals surface area (Å²) >= 11 is 0. The highest BCUT2D eigenvalue weighted by Gasteiger charge is 2.55. The second kappa shape index (κ2) is 14.3. The second-order valence-electron chi connectivity index (χ2n) is 11.9. The minimum atomic E-state index is -4.77. The van der Waals surface area contributed by atoms with Crippen LogP contribution in [0, 0.1) is 11.3 Å². The Morgan fingerprint density at radius 2 is 1.82 bits per heavy atom. The number of hydrogen-bond donors (Lipinski definition) is 2. The highest BCUT2D eigenvalue weighted by molar-refractivity contribution is 7.87. The van der Waals surface area contributed by atoms with E-state index in [9.17, 15) is 23.3 Å². The van der Waals surface area contributed by atoms with Gasteiger partial charge in [-0.15, -0.1) is 0 Å². The maximum Gasteiger partial charge on any atom is 0.426 e. The molecule has 3 aliphatic rings. The van der Waals surface area contributed by atoms with Gasteiger partial charge in [-0.05, 0) is 62.7 Å². The number of methoxy groups -OCH3 is 2. The zero-order chi connectivity index (χ0) is 34.7. The standard InChI is InChI=1S/C34H38N6O8S/c1-4-47-33-25(9-7-15-37-33)30-31(29-24-8-5-6-10-26(24)38-32(29)41)39(20-22(19-35)40(30)21-13-16-36-17-14-21)34(42)48-49(43,44)28-12-11-23(45-2)18-27(28)46-3/h5-12,15,18,21-22,29-31,36H,4,13-14,16-17,20H2,1-3H3,(H,38,41). The molecule has 2 amide bonds. The van der Waals surface area contributed by atoms with Gasteiger partial charge in [0.05, 0.1) is 51.4 Å². The van der Waals surface area contributed by atoms with Crippen molar-refractivity contribution in [3.05, 3.63) is 71.9 Å². The predicted molar refractivity (Wildman–Crippen MR) is 177 cm³/mol. The predicted octanol–water partition coefficient (Wildman–Crippen LogP) is 3.43. The molecule has 2 aromatic carbocycles. The molecular weight excluding hydrogens is 652 g/mol. The quantitative estimate of drug-likeness (QED) is 0.314. The van der Waals surface area contributed by atoms with Gasteiger partial charge in [0.2, 0.25) is 11.8 Å². The first kappa shape index (κ1) is 34.0. The average molecular weight is 691 g/mol. The number of pyridine rings is 1. The molecule has 3 aliphatic heterocycles. The van der Waals surface area contributed by atoms with Crippen LogP contribution in [-0.2, 0) is 19.1 Å². The van der Waals surface area contributed by atoms with E-state index >= 15 is 0 Å². The van der Waals surface area contributed by atoms with Crippen molar-refractivity contribution in [2.24, 2.45) is 0 Å². The Labute approximate surface area is 285 Å². The molecule has 6 rings (SSSR count). The van der Waals surface area contributed by atoms with Crippen LogP contribution in [0.25, 0.3) is 0 Å². The van der Waals surface area contributed by atoms with Crippen LogP contribution in [-0.4, -0.2) is 93.8 Å². The number of piperidine rings is 1. The fourth-order valence-electron chi connectivity index (χ4n) is 7.17. The van der Waals surface area contributed by atoms with Gasteiger partial charge in [0.25, 0.3) is 0 Å². The van der Waals surface area contributed by atoms with Crippen LogP contribution < -0.4 is 24.8 Å². The summed E-state index contributed by atoms with van der Waals surface area (Å²) in [5.41, 5.74) is 1.76. The van der Waals surface area contributed by atoms with Crippen molar-refractivity contribution in [3.8, 4) is 23.4 Å². The van der Waals surface area contributed by atoms with E-state index in [-0.39, 0.29) is 36.7 Å². The smallest absolute Gasteiger partial charge is 0.426 e. The fourth-order valence-corrected chi connectivity index (χ4v) is 8.16. The molecule has 4 atom stereocenters. The zero-order valence-electron chi connectivity index (χ0n) is 27.4. The van der Waals surface area contributed by atoms with Gasteiger partial charge in [-0.1, -0.05) is 24.3 Å². The lowest BCUT2D eigenvalue weighted by atomic mass is 9.79. The molecule has 0 radical (unpaired) electrons. The third-order valence-electron chi connectivity index (χ3n) is 9.25. The molecule has 4 heterocycles.